The number of aryl methyl sites for hydroxylation is 1. The molecule has 0 bridgehead atoms. The van der Waals surface area contributed by atoms with Crippen molar-refractivity contribution >= 4 is 5.97 Å². The van der Waals surface area contributed by atoms with Crippen LogP contribution < -0.4 is 5.56 Å². The van der Waals surface area contributed by atoms with Gasteiger partial charge >= 0.3 is 5.97 Å². The van der Waals surface area contributed by atoms with E-state index in [4.69, 9.17) is 5.11 Å². The van der Waals surface area contributed by atoms with Crippen LogP contribution in [0.5, 0.6) is 0 Å². The Labute approximate surface area is 80.0 Å². The molecule has 1 aromatic heterocycles. The first kappa shape index (κ1) is 8.93. The second-order valence-electron chi connectivity index (χ2n) is 3.31. The van der Waals surface area contributed by atoms with E-state index in [0.717, 1.165) is 18.9 Å². The van der Waals surface area contributed by atoms with Gasteiger partial charge in [0.25, 0.3) is 5.56 Å². The van der Waals surface area contributed by atoms with Crippen molar-refractivity contribution in [1.82, 2.24) is 9.55 Å². The molecule has 0 saturated heterocycles. The van der Waals surface area contributed by atoms with Crippen molar-refractivity contribution in [2.45, 2.75) is 25.8 Å². The highest BCUT2D eigenvalue weighted by molar-refractivity contribution is 5.85. The molecule has 2 heterocycles. The second-order valence-corrected chi connectivity index (χ2v) is 3.31. The summed E-state index contributed by atoms with van der Waals surface area (Å²) in [5.41, 5.74) is -0.407. The molecule has 1 aromatic rings. The summed E-state index contributed by atoms with van der Waals surface area (Å²) in [6.07, 6.45) is 2.62. The van der Waals surface area contributed by atoms with Gasteiger partial charge in [-0.2, -0.15) is 0 Å². The number of hydrogen-bond donors (Lipinski definition) is 1. The predicted molar refractivity (Wildman–Crippen MR) is 48.4 cm³/mol. The smallest absolute Gasteiger partial charge is 0.354 e. The lowest BCUT2D eigenvalue weighted by Gasteiger charge is -2.16. The first-order chi connectivity index (χ1) is 6.68. The molecule has 0 radical (unpaired) electrons. The van der Waals surface area contributed by atoms with Crippen molar-refractivity contribution < 1.29 is 9.90 Å². The maximum Gasteiger partial charge on any atom is 0.354 e. The normalized spacial score (nSPS) is 14.9. The topological polar surface area (TPSA) is 72.2 Å². The minimum absolute atomic E-state index is 0.150. The van der Waals surface area contributed by atoms with E-state index in [-0.39, 0.29) is 11.3 Å². The Kier molecular flexibility index (Phi) is 2.07. The number of rotatable bonds is 1. The summed E-state index contributed by atoms with van der Waals surface area (Å²) >= 11 is 0. The van der Waals surface area contributed by atoms with Crippen LogP contribution in [0.15, 0.2) is 10.9 Å². The van der Waals surface area contributed by atoms with Crippen LogP contribution in [0.2, 0.25) is 0 Å². The molecule has 5 heteroatoms. The van der Waals surface area contributed by atoms with Gasteiger partial charge in [-0.25, -0.2) is 9.78 Å². The molecule has 0 amide bonds. The predicted octanol–water partition coefficient (Wildman–Crippen LogP) is 0.278. The summed E-state index contributed by atoms with van der Waals surface area (Å²) < 4.78 is 1.55. The maximum absolute atomic E-state index is 11.4. The number of aromatic nitrogens is 2. The Balaban J connectivity index is 2.57. The molecule has 0 atom stereocenters. The molecule has 74 valence electrons. The van der Waals surface area contributed by atoms with E-state index in [0.29, 0.717) is 18.8 Å². The Morgan fingerprint density at radius 1 is 1.50 bits per heavy atom. The van der Waals surface area contributed by atoms with Gasteiger partial charge in [0.05, 0.1) is 0 Å². The third-order valence-corrected chi connectivity index (χ3v) is 2.34. The first-order valence-corrected chi connectivity index (χ1v) is 4.52. The monoisotopic (exact) mass is 194 g/mol. The van der Waals surface area contributed by atoms with Crippen molar-refractivity contribution in [3.05, 3.63) is 27.9 Å². The number of carbonyl (C=O) groups is 1. The van der Waals surface area contributed by atoms with Gasteiger partial charge in [0.1, 0.15) is 5.82 Å². The molecule has 14 heavy (non-hydrogen) atoms. The molecule has 1 N–H and O–H groups in total. The first-order valence-electron chi connectivity index (χ1n) is 4.52. The zero-order valence-electron chi connectivity index (χ0n) is 7.56. The minimum atomic E-state index is -1.14. The molecule has 0 spiro atoms. The molecule has 0 aromatic carbocycles. The van der Waals surface area contributed by atoms with Crippen LogP contribution >= 0.6 is 0 Å². The molecule has 1 aliphatic heterocycles. The average molecular weight is 194 g/mol. The third-order valence-electron chi connectivity index (χ3n) is 2.34. The van der Waals surface area contributed by atoms with Crippen molar-refractivity contribution in [3.8, 4) is 0 Å². The van der Waals surface area contributed by atoms with Crippen LogP contribution in [-0.2, 0) is 13.0 Å². The zero-order chi connectivity index (χ0) is 10.1. The number of fused-ring (bicyclic) bond motifs is 1. The Bertz CT molecular complexity index is 436. The lowest BCUT2D eigenvalue weighted by molar-refractivity contribution is 0.0689. The van der Waals surface area contributed by atoms with E-state index >= 15 is 0 Å². The van der Waals surface area contributed by atoms with Gasteiger partial charge in [-0.05, 0) is 12.8 Å². The second kappa shape index (κ2) is 3.25. The van der Waals surface area contributed by atoms with Gasteiger partial charge < -0.3 is 5.11 Å². The fraction of sp³-hybridized carbons (Fsp3) is 0.444. The molecule has 0 unspecified atom stereocenters. The molecule has 5 nitrogen and oxygen atoms in total. The molecular weight excluding hydrogens is 184 g/mol. The van der Waals surface area contributed by atoms with Crippen LogP contribution in [0.4, 0.5) is 0 Å². The van der Waals surface area contributed by atoms with Crippen LogP contribution in [0.1, 0.15) is 29.2 Å². The molecular formula is C9H10N2O3. The van der Waals surface area contributed by atoms with E-state index in [1.54, 1.807) is 4.57 Å². The van der Waals surface area contributed by atoms with Crippen molar-refractivity contribution in [2.75, 3.05) is 0 Å². The SMILES string of the molecule is O=C(O)c1cc(=O)n2c(n1)CCCC2. The molecule has 0 aliphatic carbocycles. The fourth-order valence-corrected chi connectivity index (χ4v) is 1.65. The van der Waals surface area contributed by atoms with E-state index in [1.807, 2.05) is 0 Å². The lowest BCUT2D eigenvalue weighted by atomic mass is 10.1. The van der Waals surface area contributed by atoms with E-state index < -0.39 is 5.97 Å². The number of aromatic carboxylic acids is 1. The Morgan fingerprint density at radius 2 is 2.29 bits per heavy atom. The fourth-order valence-electron chi connectivity index (χ4n) is 1.65. The van der Waals surface area contributed by atoms with Gasteiger partial charge in [0.15, 0.2) is 5.69 Å². The summed E-state index contributed by atoms with van der Waals surface area (Å²) in [5, 5.41) is 8.70. The number of nitrogens with zero attached hydrogens (tertiary/aromatic N) is 2. The van der Waals surface area contributed by atoms with Crippen LogP contribution in [-0.4, -0.2) is 20.6 Å². The third kappa shape index (κ3) is 1.41. The molecule has 1 aliphatic rings. The average Bonchev–Trinajstić information content (AvgIpc) is 2.17. The van der Waals surface area contributed by atoms with Gasteiger partial charge in [0.2, 0.25) is 0 Å². The number of hydrogen-bond acceptors (Lipinski definition) is 3. The largest absolute Gasteiger partial charge is 0.477 e. The summed E-state index contributed by atoms with van der Waals surface area (Å²) in [6, 6.07) is 1.08. The summed E-state index contributed by atoms with van der Waals surface area (Å²) in [7, 11) is 0. The number of carboxylic acids is 1. The summed E-state index contributed by atoms with van der Waals surface area (Å²) in [4.78, 5) is 26.0. The highest BCUT2D eigenvalue weighted by Gasteiger charge is 2.15. The van der Waals surface area contributed by atoms with Crippen molar-refractivity contribution in [1.29, 1.82) is 0 Å². The van der Waals surface area contributed by atoms with E-state index in [2.05, 4.69) is 4.98 Å². The van der Waals surface area contributed by atoms with Crippen molar-refractivity contribution in [3.63, 3.8) is 0 Å². The zero-order valence-corrected chi connectivity index (χ0v) is 7.56. The van der Waals surface area contributed by atoms with Crippen LogP contribution in [0.3, 0.4) is 0 Å². The van der Waals surface area contributed by atoms with Crippen molar-refractivity contribution in [2.24, 2.45) is 0 Å². The van der Waals surface area contributed by atoms with E-state index in [9.17, 15) is 9.59 Å². The highest BCUT2D eigenvalue weighted by atomic mass is 16.4. The highest BCUT2D eigenvalue weighted by Crippen LogP contribution is 2.09. The molecule has 0 fully saturated rings. The Hall–Kier alpha value is -1.65. The maximum atomic E-state index is 11.4. The van der Waals surface area contributed by atoms with E-state index in [1.165, 1.54) is 0 Å². The van der Waals surface area contributed by atoms with Gasteiger partial charge in [-0.15, -0.1) is 0 Å². The van der Waals surface area contributed by atoms with Gasteiger partial charge in [-0.3, -0.25) is 9.36 Å². The number of carboxylic acid groups (broad SMARTS) is 1. The lowest BCUT2D eigenvalue weighted by Crippen LogP contribution is -2.29. The Morgan fingerprint density at radius 3 is 3.00 bits per heavy atom. The molecule has 2 rings (SSSR count). The summed E-state index contributed by atoms with van der Waals surface area (Å²) in [5.74, 6) is -0.544. The van der Waals surface area contributed by atoms with Crippen LogP contribution in [0, 0.1) is 0 Å². The van der Waals surface area contributed by atoms with Crippen LogP contribution in [0.25, 0.3) is 0 Å². The summed E-state index contributed by atoms with van der Waals surface area (Å²) in [6.45, 7) is 0.654. The standard InChI is InChI=1S/C9H10N2O3/c12-8-5-6(9(13)14)10-7-3-1-2-4-11(7)8/h5H,1-4H2,(H,13,14). The minimum Gasteiger partial charge on any atom is -0.477 e. The van der Waals surface area contributed by atoms with Gasteiger partial charge in [-0.1, -0.05) is 0 Å². The quantitative estimate of drug-likeness (QED) is 0.696. The van der Waals surface area contributed by atoms with Gasteiger partial charge in [0, 0.05) is 19.0 Å². The molecule has 0 saturated carbocycles.